The lowest BCUT2D eigenvalue weighted by Crippen LogP contribution is -2.43. The van der Waals surface area contributed by atoms with Crippen molar-refractivity contribution in [3.63, 3.8) is 0 Å². The van der Waals surface area contributed by atoms with E-state index in [4.69, 9.17) is 4.74 Å². The number of nitrogens with zero attached hydrogens (tertiary/aromatic N) is 1. The van der Waals surface area contributed by atoms with E-state index < -0.39 is 0 Å². The Morgan fingerprint density at radius 3 is 2.69 bits per heavy atom. The smallest absolute Gasteiger partial charge is 0.286 e. The summed E-state index contributed by atoms with van der Waals surface area (Å²) in [5.41, 5.74) is 1.27. The molecule has 0 aliphatic rings. The average molecular weight is 223 g/mol. The zero-order chi connectivity index (χ0) is 11.8. The highest BCUT2D eigenvalue weighted by molar-refractivity contribution is 5.74. The first-order valence-corrected chi connectivity index (χ1v) is 5.50. The molecule has 0 saturated heterocycles. The number of ether oxygens (including phenoxy) is 1. The van der Waals surface area contributed by atoms with Crippen LogP contribution in [-0.2, 0) is 22.5 Å². The number of methoxy groups -OCH3 is 1. The van der Waals surface area contributed by atoms with Gasteiger partial charge in [-0.2, -0.15) is 4.57 Å². The molecule has 4 nitrogen and oxygen atoms in total. The van der Waals surface area contributed by atoms with E-state index in [1.807, 2.05) is 29.1 Å². The molecule has 4 heteroatoms. The van der Waals surface area contributed by atoms with Gasteiger partial charge in [0.1, 0.15) is 0 Å². The standard InChI is InChI=1S/C12H18N2O2/c1-3-11-4-7-14(8-5-11)10-12(15)13-6-9-16-2/h4-5,7-8H,3,6,9-10H2,1-2H3/p+1. The van der Waals surface area contributed by atoms with Crippen molar-refractivity contribution in [2.24, 2.45) is 0 Å². The SMILES string of the molecule is CCc1cc[n+](CC(=O)NCCOC)cc1. The zero-order valence-electron chi connectivity index (χ0n) is 9.90. The van der Waals surface area contributed by atoms with Crippen molar-refractivity contribution < 1.29 is 14.1 Å². The highest BCUT2D eigenvalue weighted by atomic mass is 16.5. The Kier molecular flexibility index (Phi) is 5.50. The van der Waals surface area contributed by atoms with Gasteiger partial charge in [0, 0.05) is 25.8 Å². The van der Waals surface area contributed by atoms with E-state index in [-0.39, 0.29) is 5.91 Å². The van der Waals surface area contributed by atoms with Crippen LogP contribution < -0.4 is 9.88 Å². The minimum atomic E-state index is 0.00583. The summed E-state index contributed by atoms with van der Waals surface area (Å²) in [6, 6.07) is 4.06. The van der Waals surface area contributed by atoms with Crippen molar-refractivity contribution in [1.29, 1.82) is 0 Å². The Morgan fingerprint density at radius 1 is 1.44 bits per heavy atom. The first kappa shape index (κ1) is 12.6. The summed E-state index contributed by atoms with van der Waals surface area (Å²) < 4.78 is 6.71. The fourth-order valence-electron chi connectivity index (χ4n) is 1.34. The molecule has 0 bridgehead atoms. The molecular weight excluding hydrogens is 204 g/mol. The number of hydrogen-bond donors (Lipinski definition) is 1. The van der Waals surface area contributed by atoms with Crippen LogP contribution in [-0.4, -0.2) is 26.2 Å². The predicted octanol–water partition coefficient (Wildman–Crippen LogP) is 0.299. The maximum atomic E-state index is 11.5. The van der Waals surface area contributed by atoms with Crippen LogP contribution in [0.25, 0.3) is 0 Å². The largest absolute Gasteiger partial charge is 0.383 e. The molecule has 0 aliphatic heterocycles. The van der Waals surface area contributed by atoms with Crippen molar-refractivity contribution in [2.75, 3.05) is 20.3 Å². The van der Waals surface area contributed by atoms with Crippen molar-refractivity contribution in [3.8, 4) is 0 Å². The number of nitrogens with one attached hydrogen (secondary N) is 1. The van der Waals surface area contributed by atoms with Gasteiger partial charge in [-0.3, -0.25) is 4.79 Å². The first-order chi connectivity index (χ1) is 7.76. The third-order valence-electron chi connectivity index (χ3n) is 2.32. The summed E-state index contributed by atoms with van der Waals surface area (Å²) in [6.45, 7) is 3.57. The molecule has 1 aromatic rings. The molecule has 16 heavy (non-hydrogen) atoms. The zero-order valence-corrected chi connectivity index (χ0v) is 9.90. The predicted molar refractivity (Wildman–Crippen MR) is 60.9 cm³/mol. The second-order valence-electron chi connectivity index (χ2n) is 3.58. The second-order valence-corrected chi connectivity index (χ2v) is 3.58. The summed E-state index contributed by atoms with van der Waals surface area (Å²) in [7, 11) is 1.62. The molecule has 0 unspecified atom stereocenters. The molecular formula is C12H19N2O2+. The molecule has 1 amide bonds. The Labute approximate surface area is 96.2 Å². The summed E-state index contributed by atoms with van der Waals surface area (Å²) in [4.78, 5) is 11.5. The average Bonchev–Trinajstić information content (AvgIpc) is 2.30. The summed E-state index contributed by atoms with van der Waals surface area (Å²) in [6.07, 6.45) is 4.87. The topological polar surface area (TPSA) is 42.2 Å². The maximum absolute atomic E-state index is 11.5. The van der Waals surface area contributed by atoms with Crippen LogP contribution >= 0.6 is 0 Å². The lowest BCUT2D eigenvalue weighted by atomic mass is 10.2. The minimum Gasteiger partial charge on any atom is -0.383 e. The normalized spacial score (nSPS) is 10.1. The second kappa shape index (κ2) is 6.95. The van der Waals surface area contributed by atoms with Crippen molar-refractivity contribution >= 4 is 5.91 Å². The van der Waals surface area contributed by atoms with Gasteiger partial charge in [-0.1, -0.05) is 6.92 Å². The number of aryl methyl sites for hydroxylation is 1. The van der Waals surface area contributed by atoms with Gasteiger partial charge in [0.15, 0.2) is 12.4 Å². The van der Waals surface area contributed by atoms with Crippen LogP contribution in [0.1, 0.15) is 12.5 Å². The molecule has 1 rings (SSSR count). The number of rotatable bonds is 6. The number of amides is 1. The third kappa shape index (κ3) is 4.40. The van der Waals surface area contributed by atoms with Gasteiger partial charge in [-0.05, 0) is 12.0 Å². The molecule has 0 radical (unpaired) electrons. The van der Waals surface area contributed by atoms with Crippen LogP contribution in [0, 0.1) is 0 Å². The van der Waals surface area contributed by atoms with Crippen LogP contribution in [0.4, 0.5) is 0 Å². The lowest BCUT2D eigenvalue weighted by Gasteiger charge is -2.02. The molecule has 0 spiro atoms. The molecule has 1 heterocycles. The highest BCUT2D eigenvalue weighted by Gasteiger charge is 2.07. The van der Waals surface area contributed by atoms with E-state index in [2.05, 4.69) is 12.2 Å². The van der Waals surface area contributed by atoms with Gasteiger partial charge < -0.3 is 10.1 Å². The van der Waals surface area contributed by atoms with E-state index in [1.54, 1.807) is 7.11 Å². The van der Waals surface area contributed by atoms with Crippen LogP contribution in [0.3, 0.4) is 0 Å². The molecule has 88 valence electrons. The summed E-state index contributed by atoms with van der Waals surface area (Å²) >= 11 is 0. The molecule has 1 aromatic heterocycles. The van der Waals surface area contributed by atoms with Gasteiger partial charge in [-0.15, -0.1) is 0 Å². The quantitative estimate of drug-likeness (QED) is 0.557. The summed E-state index contributed by atoms with van der Waals surface area (Å²) in [5, 5.41) is 2.78. The van der Waals surface area contributed by atoms with Gasteiger partial charge in [-0.25, -0.2) is 0 Å². The molecule has 0 aromatic carbocycles. The number of pyridine rings is 1. The summed E-state index contributed by atoms with van der Waals surface area (Å²) in [5.74, 6) is 0.00583. The van der Waals surface area contributed by atoms with Crippen molar-refractivity contribution in [1.82, 2.24) is 5.32 Å². The first-order valence-electron chi connectivity index (χ1n) is 5.50. The van der Waals surface area contributed by atoms with Gasteiger partial charge in [0.25, 0.3) is 5.91 Å². The number of aromatic nitrogens is 1. The molecule has 0 aliphatic carbocycles. The van der Waals surface area contributed by atoms with Crippen molar-refractivity contribution in [2.45, 2.75) is 19.9 Å². The van der Waals surface area contributed by atoms with Crippen LogP contribution in [0.5, 0.6) is 0 Å². The number of carbonyl (C=O) groups is 1. The third-order valence-corrected chi connectivity index (χ3v) is 2.32. The van der Waals surface area contributed by atoms with E-state index >= 15 is 0 Å². The monoisotopic (exact) mass is 223 g/mol. The number of hydrogen-bond acceptors (Lipinski definition) is 2. The highest BCUT2D eigenvalue weighted by Crippen LogP contribution is 1.94. The molecule has 0 atom stereocenters. The molecule has 0 saturated carbocycles. The minimum absolute atomic E-state index is 0.00583. The Morgan fingerprint density at radius 2 is 2.12 bits per heavy atom. The van der Waals surface area contributed by atoms with E-state index in [9.17, 15) is 4.79 Å². The van der Waals surface area contributed by atoms with E-state index in [1.165, 1.54) is 5.56 Å². The van der Waals surface area contributed by atoms with Gasteiger partial charge in [0.2, 0.25) is 6.54 Å². The molecule has 0 fully saturated rings. The maximum Gasteiger partial charge on any atom is 0.286 e. The fraction of sp³-hybridized carbons (Fsp3) is 0.500. The fourth-order valence-corrected chi connectivity index (χ4v) is 1.34. The lowest BCUT2D eigenvalue weighted by molar-refractivity contribution is -0.684. The van der Waals surface area contributed by atoms with Crippen LogP contribution in [0.2, 0.25) is 0 Å². The molecule has 1 N–H and O–H groups in total. The Balaban J connectivity index is 2.37. The van der Waals surface area contributed by atoms with Crippen LogP contribution in [0.15, 0.2) is 24.5 Å². The number of carbonyl (C=O) groups excluding carboxylic acids is 1. The van der Waals surface area contributed by atoms with Gasteiger partial charge in [0.05, 0.1) is 6.61 Å². The Hall–Kier alpha value is -1.42. The van der Waals surface area contributed by atoms with E-state index in [0.717, 1.165) is 6.42 Å². The van der Waals surface area contributed by atoms with Gasteiger partial charge >= 0.3 is 0 Å². The Bertz CT molecular complexity index is 322. The van der Waals surface area contributed by atoms with E-state index in [0.29, 0.717) is 19.7 Å². The van der Waals surface area contributed by atoms with Crippen molar-refractivity contribution in [3.05, 3.63) is 30.1 Å².